The number of hydrogen-bond donors (Lipinski definition) is 1. The van der Waals surface area contributed by atoms with Crippen molar-refractivity contribution in [2.75, 3.05) is 33.3 Å². The number of nitrogens with zero attached hydrogens (tertiary/aromatic N) is 2. The molecule has 2 aliphatic heterocycles. The number of nitrogens with one attached hydrogen (secondary N) is 1. The normalized spacial score (nSPS) is 34.8. The summed E-state index contributed by atoms with van der Waals surface area (Å²) in [6, 6.07) is -0.00242. The highest BCUT2D eigenvalue weighted by molar-refractivity contribution is 7.86. The Balaban J connectivity index is 2.16. The first-order chi connectivity index (χ1) is 8.96. The number of ether oxygens (including phenoxy) is 1. The molecule has 2 fully saturated rings. The Kier molecular flexibility index (Phi) is 4.84. The molecule has 0 unspecified atom stereocenters. The zero-order chi connectivity index (χ0) is 14.0. The van der Waals surface area contributed by atoms with E-state index in [0.29, 0.717) is 26.2 Å². The van der Waals surface area contributed by atoms with Crippen molar-refractivity contribution in [3.05, 3.63) is 0 Å². The van der Waals surface area contributed by atoms with Gasteiger partial charge in [0.1, 0.15) is 0 Å². The molecule has 0 aromatic carbocycles. The Morgan fingerprint density at radius 3 is 2.74 bits per heavy atom. The van der Waals surface area contributed by atoms with E-state index in [4.69, 9.17) is 4.74 Å². The van der Waals surface area contributed by atoms with E-state index in [0.717, 1.165) is 12.8 Å². The van der Waals surface area contributed by atoms with Crippen LogP contribution in [0.4, 0.5) is 0 Å². The van der Waals surface area contributed by atoms with Crippen molar-refractivity contribution in [2.45, 2.75) is 44.9 Å². The molecule has 0 radical (unpaired) electrons. The largest absolute Gasteiger partial charge is 0.375 e. The van der Waals surface area contributed by atoms with Gasteiger partial charge in [0.15, 0.2) is 0 Å². The molecular formula is C12H25N3O3S. The lowest BCUT2D eigenvalue weighted by Crippen LogP contribution is -2.56. The molecule has 0 saturated carbocycles. The highest BCUT2D eigenvalue weighted by atomic mass is 32.2. The van der Waals surface area contributed by atoms with Gasteiger partial charge in [-0.1, -0.05) is 0 Å². The van der Waals surface area contributed by atoms with Gasteiger partial charge in [0.05, 0.1) is 12.7 Å². The molecule has 19 heavy (non-hydrogen) atoms. The van der Waals surface area contributed by atoms with Gasteiger partial charge in [0.25, 0.3) is 10.2 Å². The smallest absolute Gasteiger partial charge is 0.282 e. The Labute approximate surface area is 116 Å². The summed E-state index contributed by atoms with van der Waals surface area (Å²) in [4.78, 5) is 0. The molecule has 2 rings (SSSR count). The highest BCUT2D eigenvalue weighted by Crippen LogP contribution is 2.26. The third-order valence-electron chi connectivity index (χ3n) is 3.91. The van der Waals surface area contributed by atoms with Crippen molar-refractivity contribution in [3.8, 4) is 0 Å². The summed E-state index contributed by atoms with van der Waals surface area (Å²) >= 11 is 0. The lowest BCUT2D eigenvalue weighted by molar-refractivity contribution is -0.0192. The van der Waals surface area contributed by atoms with Crippen LogP contribution in [0.5, 0.6) is 0 Å². The summed E-state index contributed by atoms with van der Waals surface area (Å²) in [6.07, 6.45) is 1.85. The molecule has 3 atom stereocenters. The van der Waals surface area contributed by atoms with Gasteiger partial charge in [-0.3, -0.25) is 0 Å². The maximum absolute atomic E-state index is 12.8. The van der Waals surface area contributed by atoms with Crippen molar-refractivity contribution in [1.29, 1.82) is 0 Å². The Bertz CT molecular complexity index is 401. The Hall–Kier alpha value is -0.210. The minimum Gasteiger partial charge on any atom is -0.375 e. The molecule has 0 aromatic rings. The van der Waals surface area contributed by atoms with Crippen LogP contribution in [0.2, 0.25) is 0 Å². The molecule has 0 amide bonds. The first-order valence-corrected chi connectivity index (χ1v) is 8.41. The van der Waals surface area contributed by atoms with Crippen LogP contribution >= 0.6 is 0 Å². The second-order valence-corrected chi connectivity index (χ2v) is 7.37. The first-order valence-electron chi connectivity index (χ1n) is 7.01. The quantitative estimate of drug-likeness (QED) is 0.793. The highest BCUT2D eigenvalue weighted by Gasteiger charge is 2.41. The van der Waals surface area contributed by atoms with E-state index < -0.39 is 10.2 Å². The average molecular weight is 291 g/mol. The van der Waals surface area contributed by atoms with Crippen molar-refractivity contribution in [1.82, 2.24) is 13.9 Å². The number of hydrogen-bond acceptors (Lipinski definition) is 4. The second-order valence-electron chi connectivity index (χ2n) is 5.53. The van der Waals surface area contributed by atoms with Gasteiger partial charge >= 0.3 is 0 Å². The van der Waals surface area contributed by atoms with Gasteiger partial charge in [-0.2, -0.15) is 17.0 Å². The Morgan fingerprint density at radius 1 is 1.32 bits per heavy atom. The van der Waals surface area contributed by atoms with E-state index in [1.165, 1.54) is 0 Å². The number of likely N-dealkylation sites (N-methyl/N-ethyl adjacent to an activating group) is 1. The monoisotopic (exact) mass is 291 g/mol. The summed E-state index contributed by atoms with van der Waals surface area (Å²) in [5.41, 5.74) is 0. The summed E-state index contributed by atoms with van der Waals surface area (Å²) < 4.78 is 34.4. The number of morpholine rings is 1. The van der Waals surface area contributed by atoms with Crippen LogP contribution in [0.3, 0.4) is 0 Å². The van der Waals surface area contributed by atoms with Crippen molar-refractivity contribution in [2.24, 2.45) is 0 Å². The molecule has 0 spiro atoms. The predicted molar refractivity (Wildman–Crippen MR) is 74.2 cm³/mol. The lowest BCUT2D eigenvalue weighted by atomic mass is 10.2. The van der Waals surface area contributed by atoms with Crippen LogP contribution in [-0.4, -0.2) is 68.5 Å². The molecular weight excluding hydrogens is 266 g/mol. The maximum atomic E-state index is 12.8. The van der Waals surface area contributed by atoms with Crippen LogP contribution in [-0.2, 0) is 14.9 Å². The fourth-order valence-corrected chi connectivity index (χ4v) is 4.98. The zero-order valence-corrected chi connectivity index (χ0v) is 12.8. The van der Waals surface area contributed by atoms with Gasteiger partial charge in [0, 0.05) is 31.7 Å². The minimum absolute atomic E-state index is 0.0312. The third kappa shape index (κ3) is 3.11. The second kappa shape index (κ2) is 6.05. The van der Waals surface area contributed by atoms with E-state index in [9.17, 15) is 8.42 Å². The van der Waals surface area contributed by atoms with Crippen molar-refractivity contribution in [3.63, 3.8) is 0 Å². The summed E-state index contributed by atoms with van der Waals surface area (Å²) in [7, 11) is -1.50. The molecule has 0 aromatic heterocycles. The van der Waals surface area contributed by atoms with Gasteiger partial charge in [-0.25, -0.2) is 0 Å². The molecule has 1 N–H and O–H groups in total. The predicted octanol–water partition coefficient (Wildman–Crippen LogP) is 0.0242. The summed E-state index contributed by atoms with van der Waals surface area (Å²) in [6.45, 7) is 6.11. The standard InChI is InChI=1S/C12H25N3O3S/c1-10-9-18-11(2)8-15(10)19(16,17)14-6-4-5-12(14)7-13-3/h10-13H,4-9H2,1-3H3/t10-,11-,12+/m1/s1. The third-order valence-corrected chi connectivity index (χ3v) is 6.08. The van der Waals surface area contributed by atoms with Gasteiger partial charge in [-0.15, -0.1) is 0 Å². The van der Waals surface area contributed by atoms with E-state index in [-0.39, 0.29) is 18.2 Å². The Morgan fingerprint density at radius 2 is 2.05 bits per heavy atom. The van der Waals surface area contributed by atoms with E-state index in [1.807, 2.05) is 20.9 Å². The molecule has 112 valence electrons. The van der Waals surface area contributed by atoms with E-state index in [1.54, 1.807) is 8.61 Å². The molecule has 2 saturated heterocycles. The van der Waals surface area contributed by atoms with E-state index in [2.05, 4.69) is 5.32 Å². The lowest BCUT2D eigenvalue weighted by Gasteiger charge is -2.39. The molecule has 2 heterocycles. The van der Waals surface area contributed by atoms with Gasteiger partial charge in [0.2, 0.25) is 0 Å². The van der Waals surface area contributed by atoms with Crippen LogP contribution in [0.25, 0.3) is 0 Å². The summed E-state index contributed by atoms with van der Waals surface area (Å²) in [5.74, 6) is 0. The zero-order valence-electron chi connectivity index (χ0n) is 12.0. The molecule has 7 heteroatoms. The van der Waals surface area contributed by atoms with E-state index >= 15 is 0 Å². The molecule has 0 aliphatic carbocycles. The first kappa shape index (κ1) is 15.2. The SMILES string of the molecule is CNC[C@@H]1CCCN1S(=O)(=O)N1C[C@@H](C)OC[C@H]1C. The molecule has 0 bridgehead atoms. The van der Waals surface area contributed by atoms with Crippen molar-refractivity contribution >= 4 is 10.2 Å². The van der Waals surface area contributed by atoms with Gasteiger partial charge in [-0.05, 0) is 33.7 Å². The maximum Gasteiger partial charge on any atom is 0.282 e. The number of rotatable bonds is 4. The van der Waals surface area contributed by atoms with Crippen LogP contribution in [0.15, 0.2) is 0 Å². The average Bonchev–Trinajstić information content (AvgIpc) is 2.81. The van der Waals surface area contributed by atoms with Crippen LogP contribution in [0.1, 0.15) is 26.7 Å². The molecule has 6 nitrogen and oxygen atoms in total. The van der Waals surface area contributed by atoms with Crippen LogP contribution in [0, 0.1) is 0 Å². The minimum atomic E-state index is -3.37. The van der Waals surface area contributed by atoms with Crippen LogP contribution < -0.4 is 5.32 Å². The van der Waals surface area contributed by atoms with Gasteiger partial charge < -0.3 is 10.1 Å². The molecule has 2 aliphatic rings. The fourth-order valence-electron chi connectivity index (χ4n) is 2.88. The van der Waals surface area contributed by atoms with Crippen molar-refractivity contribution < 1.29 is 13.2 Å². The topological polar surface area (TPSA) is 61.9 Å². The summed E-state index contributed by atoms with van der Waals surface area (Å²) in [5, 5.41) is 3.09. The fraction of sp³-hybridized carbons (Fsp3) is 1.00.